The van der Waals surface area contributed by atoms with Crippen molar-refractivity contribution in [1.82, 2.24) is 13.9 Å². The van der Waals surface area contributed by atoms with Crippen LogP contribution in [0.5, 0.6) is 0 Å². The molecule has 0 bridgehead atoms. The van der Waals surface area contributed by atoms with E-state index >= 15 is 0 Å². The standard InChI is InChI=1S/C17H17N3O2S/c1-13-5-4-6-14(11-13)23(21,22)19-9-10-20-16-8-3-2-7-15(16)18-17(20)12-19/h2-8,11H,9-10,12H2,1H3. The van der Waals surface area contributed by atoms with Crippen molar-refractivity contribution >= 4 is 21.1 Å². The van der Waals surface area contributed by atoms with Gasteiger partial charge in [-0.1, -0.05) is 24.3 Å². The fourth-order valence-corrected chi connectivity index (χ4v) is 4.56. The van der Waals surface area contributed by atoms with E-state index in [0.29, 0.717) is 24.5 Å². The maximum atomic E-state index is 12.9. The van der Waals surface area contributed by atoms with Gasteiger partial charge in [0, 0.05) is 13.1 Å². The second-order valence-electron chi connectivity index (χ2n) is 5.82. The van der Waals surface area contributed by atoms with Gasteiger partial charge in [0.25, 0.3) is 0 Å². The summed E-state index contributed by atoms with van der Waals surface area (Å²) in [5, 5.41) is 0. The Morgan fingerprint density at radius 2 is 1.87 bits per heavy atom. The minimum atomic E-state index is -3.48. The van der Waals surface area contributed by atoms with E-state index < -0.39 is 10.0 Å². The van der Waals surface area contributed by atoms with Gasteiger partial charge in [-0.25, -0.2) is 13.4 Å². The van der Waals surface area contributed by atoms with Crippen LogP contribution < -0.4 is 0 Å². The minimum Gasteiger partial charge on any atom is -0.326 e. The van der Waals surface area contributed by atoms with Gasteiger partial charge in [0.1, 0.15) is 5.82 Å². The number of rotatable bonds is 2. The number of nitrogens with zero attached hydrogens (tertiary/aromatic N) is 3. The van der Waals surface area contributed by atoms with Gasteiger partial charge in [-0.3, -0.25) is 0 Å². The molecular formula is C17H17N3O2S. The molecule has 0 N–H and O–H groups in total. The van der Waals surface area contributed by atoms with E-state index in [9.17, 15) is 8.42 Å². The van der Waals surface area contributed by atoms with Crippen LogP contribution in [-0.4, -0.2) is 28.8 Å². The van der Waals surface area contributed by atoms with Crippen LogP contribution in [0.2, 0.25) is 0 Å². The fourth-order valence-electron chi connectivity index (χ4n) is 3.07. The molecule has 0 radical (unpaired) electrons. The van der Waals surface area contributed by atoms with Crippen molar-refractivity contribution in [2.24, 2.45) is 0 Å². The summed E-state index contributed by atoms with van der Waals surface area (Å²) in [5.41, 5.74) is 2.92. The summed E-state index contributed by atoms with van der Waals surface area (Å²) < 4.78 is 29.3. The SMILES string of the molecule is Cc1cccc(S(=O)(=O)N2CCn3c(nc4ccccc43)C2)c1. The summed E-state index contributed by atoms with van der Waals surface area (Å²) in [6.45, 7) is 3.30. The van der Waals surface area contributed by atoms with Crippen LogP contribution in [0.3, 0.4) is 0 Å². The molecule has 3 aromatic rings. The fraction of sp³-hybridized carbons (Fsp3) is 0.235. The smallest absolute Gasteiger partial charge is 0.243 e. The lowest BCUT2D eigenvalue weighted by Crippen LogP contribution is -2.38. The van der Waals surface area contributed by atoms with Gasteiger partial charge in [-0.05, 0) is 36.8 Å². The average molecular weight is 327 g/mol. The Kier molecular flexibility index (Phi) is 3.25. The van der Waals surface area contributed by atoms with Crippen molar-refractivity contribution in [1.29, 1.82) is 0 Å². The first-order valence-electron chi connectivity index (χ1n) is 7.57. The molecule has 0 atom stereocenters. The zero-order chi connectivity index (χ0) is 16.0. The van der Waals surface area contributed by atoms with Crippen LogP contribution in [0.15, 0.2) is 53.4 Å². The quantitative estimate of drug-likeness (QED) is 0.727. The Morgan fingerprint density at radius 1 is 1.04 bits per heavy atom. The van der Waals surface area contributed by atoms with E-state index in [0.717, 1.165) is 22.4 Å². The van der Waals surface area contributed by atoms with Crippen molar-refractivity contribution in [3.63, 3.8) is 0 Å². The molecule has 6 heteroatoms. The summed E-state index contributed by atoms with van der Waals surface area (Å²) in [4.78, 5) is 4.93. The lowest BCUT2D eigenvalue weighted by atomic mass is 10.2. The number of fused-ring (bicyclic) bond motifs is 3. The van der Waals surface area contributed by atoms with Crippen molar-refractivity contribution in [2.45, 2.75) is 24.9 Å². The van der Waals surface area contributed by atoms with Gasteiger partial charge in [-0.15, -0.1) is 0 Å². The monoisotopic (exact) mass is 327 g/mol. The molecule has 0 fully saturated rings. The normalized spacial score (nSPS) is 15.7. The summed E-state index contributed by atoms with van der Waals surface area (Å²) >= 11 is 0. The molecule has 2 aromatic carbocycles. The molecule has 0 unspecified atom stereocenters. The van der Waals surface area contributed by atoms with Crippen LogP contribution >= 0.6 is 0 Å². The predicted molar refractivity (Wildman–Crippen MR) is 88.5 cm³/mol. The third-order valence-corrected chi connectivity index (χ3v) is 6.09. The molecule has 0 spiro atoms. The lowest BCUT2D eigenvalue weighted by molar-refractivity contribution is 0.339. The number of sulfonamides is 1. The molecule has 0 amide bonds. The van der Waals surface area contributed by atoms with Crippen LogP contribution in [0.4, 0.5) is 0 Å². The third-order valence-electron chi connectivity index (χ3n) is 4.25. The van der Waals surface area contributed by atoms with Crippen molar-refractivity contribution < 1.29 is 8.42 Å². The van der Waals surface area contributed by atoms with E-state index in [2.05, 4.69) is 9.55 Å². The van der Waals surface area contributed by atoms with Gasteiger partial charge < -0.3 is 4.57 Å². The first-order chi connectivity index (χ1) is 11.1. The van der Waals surface area contributed by atoms with E-state index in [-0.39, 0.29) is 0 Å². The summed E-state index contributed by atoms with van der Waals surface area (Å²) in [7, 11) is -3.48. The number of hydrogen-bond donors (Lipinski definition) is 0. The van der Waals surface area contributed by atoms with Crippen LogP contribution in [0.1, 0.15) is 11.4 Å². The number of benzene rings is 2. The molecule has 1 aliphatic rings. The largest absolute Gasteiger partial charge is 0.326 e. The van der Waals surface area contributed by atoms with Gasteiger partial charge in [0.15, 0.2) is 0 Å². The van der Waals surface area contributed by atoms with Crippen molar-refractivity contribution in [3.8, 4) is 0 Å². The Morgan fingerprint density at radius 3 is 2.70 bits per heavy atom. The topological polar surface area (TPSA) is 55.2 Å². The summed E-state index contributed by atoms with van der Waals surface area (Å²) in [5.74, 6) is 0.800. The Balaban J connectivity index is 1.72. The first-order valence-corrected chi connectivity index (χ1v) is 9.01. The zero-order valence-corrected chi connectivity index (χ0v) is 13.6. The molecule has 1 aliphatic heterocycles. The van der Waals surface area contributed by atoms with Crippen LogP contribution in [-0.2, 0) is 23.1 Å². The molecule has 0 aliphatic carbocycles. The molecule has 0 saturated carbocycles. The van der Waals surface area contributed by atoms with E-state index in [1.54, 1.807) is 18.2 Å². The van der Waals surface area contributed by atoms with E-state index in [1.807, 2.05) is 37.3 Å². The molecule has 1 aromatic heterocycles. The van der Waals surface area contributed by atoms with E-state index in [1.165, 1.54) is 4.31 Å². The summed E-state index contributed by atoms with van der Waals surface area (Å²) in [6.07, 6.45) is 0. The average Bonchev–Trinajstić information content (AvgIpc) is 2.92. The number of aryl methyl sites for hydroxylation is 1. The maximum absolute atomic E-state index is 12.9. The van der Waals surface area contributed by atoms with Crippen LogP contribution in [0, 0.1) is 6.92 Å². The maximum Gasteiger partial charge on any atom is 0.243 e. The van der Waals surface area contributed by atoms with E-state index in [4.69, 9.17) is 0 Å². The number of hydrogen-bond acceptors (Lipinski definition) is 3. The van der Waals surface area contributed by atoms with Gasteiger partial charge in [-0.2, -0.15) is 4.31 Å². The molecule has 0 saturated heterocycles. The van der Waals surface area contributed by atoms with Crippen molar-refractivity contribution in [3.05, 3.63) is 59.9 Å². The Labute approximate surface area is 135 Å². The number of para-hydroxylation sites is 2. The molecule has 2 heterocycles. The first kappa shape index (κ1) is 14.4. The summed E-state index contributed by atoms with van der Waals surface area (Å²) in [6, 6.07) is 15.0. The zero-order valence-electron chi connectivity index (χ0n) is 12.8. The number of aromatic nitrogens is 2. The van der Waals surface area contributed by atoms with Gasteiger partial charge in [0.2, 0.25) is 10.0 Å². The van der Waals surface area contributed by atoms with Gasteiger partial charge in [0.05, 0.1) is 22.5 Å². The number of imidazole rings is 1. The molecular weight excluding hydrogens is 310 g/mol. The highest BCUT2D eigenvalue weighted by atomic mass is 32.2. The highest BCUT2D eigenvalue weighted by Gasteiger charge is 2.30. The molecule has 118 valence electrons. The van der Waals surface area contributed by atoms with Crippen molar-refractivity contribution in [2.75, 3.05) is 6.54 Å². The van der Waals surface area contributed by atoms with Gasteiger partial charge >= 0.3 is 0 Å². The highest BCUT2D eigenvalue weighted by molar-refractivity contribution is 7.89. The molecule has 23 heavy (non-hydrogen) atoms. The molecule has 4 rings (SSSR count). The van der Waals surface area contributed by atoms with Crippen LogP contribution in [0.25, 0.3) is 11.0 Å². The molecule has 5 nitrogen and oxygen atoms in total. The lowest BCUT2D eigenvalue weighted by Gasteiger charge is -2.27. The minimum absolute atomic E-state index is 0.310. The predicted octanol–water partition coefficient (Wildman–Crippen LogP) is 2.55. The highest BCUT2D eigenvalue weighted by Crippen LogP contribution is 2.25. The third kappa shape index (κ3) is 2.34. The second-order valence-corrected chi connectivity index (χ2v) is 7.76. The Bertz CT molecular complexity index is 992. The Hall–Kier alpha value is -2.18. The second kappa shape index (κ2) is 5.18.